The minimum absolute atomic E-state index is 0.0974. The number of benzene rings is 1. The van der Waals surface area contributed by atoms with Gasteiger partial charge in [-0.3, -0.25) is 0 Å². The van der Waals surface area contributed by atoms with Crippen molar-refractivity contribution in [2.45, 2.75) is 6.61 Å². The molecule has 0 unspecified atom stereocenters. The predicted octanol–water partition coefficient (Wildman–Crippen LogP) is 4.17. The van der Waals surface area contributed by atoms with Gasteiger partial charge in [0.05, 0.1) is 9.90 Å². The van der Waals surface area contributed by atoms with Crippen molar-refractivity contribution in [2.75, 3.05) is 0 Å². The highest BCUT2D eigenvalue weighted by molar-refractivity contribution is 7.13. The maximum absolute atomic E-state index is 12.9. The maximum Gasteiger partial charge on any atom is 0.268 e. The van der Waals surface area contributed by atoms with E-state index in [1.165, 1.54) is 29.5 Å². The molecule has 7 heteroatoms. The van der Waals surface area contributed by atoms with Gasteiger partial charge in [0.2, 0.25) is 5.82 Å². The molecular weight excluding hydrogens is 303 g/mol. The monoisotopic (exact) mass is 310 g/mol. The Morgan fingerprint density at radius 2 is 2.25 bits per heavy atom. The molecule has 0 spiro atoms. The third-order valence-electron chi connectivity index (χ3n) is 2.45. The van der Waals surface area contributed by atoms with E-state index in [2.05, 4.69) is 10.1 Å². The Hall–Kier alpha value is -1.92. The van der Waals surface area contributed by atoms with Crippen LogP contribution in [0.2, 0.25) is 5.02 Å². The SMILES string of the molecule is Fc1ccc(OCc2noc(-c3cccs3)n2)c(Cl)c1. The zero-order valence-electron chi connectivity index (χ0n) is 10.0. The van der Waals surface area contributed by atoms with Crippen molar-refractivity contribution in [3.63, 3.8) is 0 Å². The second-order valence-electron chi connectivity index (χ2n) is 3.86. The van der Waals surface area contributed by atoms with Crippen molar-refractivity contribution < 1.29 is 13.7 Å². The largest absolute Gasteiger partial charge is 0.484 e. The van der Waals surface area contributed by atoms with Crippen LogP contribution in [0.3, 0.4) is 0 Å². The Labute approximate surface area is 122 Å². The summed E-state index contributed by atoms with van der Waals surface area (Å²) in [4.78, 5) is 5.10. The third-order valence-corrected chi connectivity index (χ3v) is 3.60. The Balaban J connectivity index is 1.70. The Morgan fingerprint density at radius 3 is 3.00 bits per heavy atom. The summed E-state index contributed by atoms with van der Waals surface area (Å²) in [6.07, 6.45) is 0. The zero-order chi connectivity index (χ0) is 13.9. The topological polar surface area (TPSA) is 48.2 Å². The minimum Gasteiger partial charge on any atom is -0.484 e. The van der Waals surface area contributed by atoms with Crippen LogP contribution in [0.1, 0.15) is 5.82 Å². The number of hydrogen-bond donors (Lipinski definition) is 0. The van der Waals surface area contributed by atoms with Gasteiger partial charge in [-0.1, -0.05) is 22.8 Å². The molecule has 0 aliphatic heterocycles. The summed E-state index contributed by atoms with van der Waals surface area (Å²) < 4.78 is 23.4. The quantitative estimate of drug-likeness (QED) is 0.725. The van der Waals surface area contributed by atoms with Crippen LogP contribution in [0.5, 0.6) is 5.75 Å². The fourth-order valence-electron chi connectivity index (χ4n) is 1.55. The lowest BCUT2D eigenvalue weighted by Gasteiger charge is -2.04. The molecule has 0 bridgehead atoms. The van der Waals surface area contributed by atoms with Gasteiger partial charge >= 0.3 is 0 Å². The second kappa shape index (κ2) is 5.60. The van der Waals surface area contributed by atoms with Gasteiger partial charge in [0, 0.05) is 0 Å². The molecule has 0 fully saturated rings. The third kappa shape index (κ3) is 2.81. The first-order valence-electron chi connectivity index (χ1n) is 5.67. The van der Waals surface area contributed by atoms with Crippen LogP contribution >= 0.6 is 22.9 Å². The molecule has 1 aromatic carbocycles. The van der Waals surface area contributed by atoms with Crippen LogP contribution in [0.15, 0.2) is 40.2 Å². The molecule has 102 valence electrons. The first-order valence-corrected chi connectivity index (χ1v) is 6.92. The molecule has 20 heavy (non-hydrogen) atoms. The Bertz CT molecular complexity index is 715. The molecule has 0 saturated heterocycles. The van der Waals surface area contributed by atoms with E-state index >= 15 is 0 Å². The molecule has 0 atom stereocenters. The summed E-state index contributed by atoms with van der Waals surface area (Å²) in [5, 5.41) is 5.94. The molecule has 2 aromatic heterocycles. The van der Waals surface area contributed by atoms with Gasteiger partial charge in [0.1, 0.15) is 11.6 Å². The van der Waals surface area contributed by atoms with E-state index in [1.807, 2.05) is 17.5 Å². The summed E-state index contributed by atoms with van der Waals surface area (Å²) >= 11 is 7.36. The van der Waals surface area contributed by atoms with Gasteiger partial charge in [-0.15, -0.1) is 11.3 Å². The van der Waals surface area contributed by atoms with E-state index in [1.54, 1.807) is 0 Å². The summed E-state index contributed by atoms with van der Waals surface area (Å²) in [5.41, 5.74) is 0. The molecular formula is C13H8ClFN2O2S. The number of halogens is 2. The highest BCUT2D eigenvalue weighted by atomic mass is 35.5. The van der Waals surface area contributed by atoms with E-state index in [9.17, 15) is 4.39 Å². The van der Waals surface area contributed by atoms with Crippen LogP contribution in [0.4, 0.5) is 4.39 Å². The van der Waals surface area contributed by atoms with Crippen LogP contribution < -0.4 is 4.74 Å². The number of ether oxygens (including phenoxy) is 1. The summed E-state index contributed by atoms with van der Waals surface area (Å²) in [6.45, 7) is 0.0974. The van der Waals surface area contributed by atoms with Crippen molar-refractivity contribution in [1.29, 1.82) is 0 Å². The molecule has 3 aromatic rings. The van der Waals surface area contributed by atoms with E-state index in [4.69, 9.17) is 20.9 Å². The van der Waals surface area contributed by atoms with Crippen LogP contribution in [-0.4, -0.2) is 10.1 Å². The van der Waals surface area contributed by atoms with E-state index in [0.29, 0.717) is 17.5 Å². The summed E-state index contributed by atoms with van der Waals surface area (Å²) in [5.74, 6) is 0.801. The Kier molecular flexibility index (Phi) is 3.66. The van der Waals surface area contributed by atoms with Gasteiger partial charge in [0.25, 0.3) is 5.89 Å². The molecule has 0 aliphatic carbocycles. The average molecular weight is 311 g/mol. The van der Waals surface area contributed by atoms with Crippen LogP contribution in [-0.2, 0) is 6.61 Å². The van der Waals surface area contributed by atoms with Crippen LogP contribution in [0, 0.1) is 5.82 Å². The molecule has 3 rings (SSSR count). The lowest BCUT2D eigenvalue weighted by molar-refractivity contribution is 0.287. The smallest absolute Gasteiger partial charge is 0.268 e. The molecule has 0 aliphatic rings. The maximum atomic E-state index is 12.9. The summed E-state index contributed by atoms with van der Waals surface area (Å²) in [6, 6.07) is 7.70. The lowest BCUT2D eigenvalue weighted by atomic mass is 10.3. The molecule has 0 saturated carbocycles. The minimum atomic E-state index is -0.415. The van der Waals surface area contributed by atoms with Crippen molar-refractivity contribution in [3.8, 4) is 16.5 Å². The van der Waals surface area contributed by atoms with Gasteiger partial charge in [0.15, 0.2) is 6.61 Å². The summed E-state index contributed by atoms with van der Waals surface area (Å²) in [7, 11) is 0. The zero-order valence-corrected chi connectivity index (χ0v) is 11.6. The van der Waals surface area contributed by atoms with Crippen molar-refractivity contribution in [2.24, 2.45) is 0 Å². The molecule has 0 radical (unpaired) electrons. The molecule has 0 amide bonds. The Morgan fingerprint density at radius 1 is 1.35 bits per heavy atom. The van der Waals surface area contributed by atoms with E-state index in [0.717, 1.165) is 4.88 Å². The predicted molar refractivity (Wildman–Crippen MR) is 73.4 cm³/mol. The lowest BCUT2D eigenvalue weighted by Crippen LogP contribution is -1.98. The van der Waals surface area contributed by atoms with Gasteiger partial charge in [-0.25, -0.2) is 4.39 Å². The first kappa shape index (κ1) is 13.1. The molecule has 0 N–H and O–H groups in total. The number of nitrogens with zero attached hydrogens (tertiary/aromatic N) is 2. The first-order chi connectivity index (χ1) is 9.72. The van der Waals surface area contributed by atoms with Gasteiger partial charge in [-0.05, 0) is 29.6 Å². The van der Waals surface area contributed by atoms with Gasteiger partial charge in [-0.2, -0.15) is 4.98 Å². The van der Waals surface area contributed by atoms with E-state index in [-0.39, 0.29) is 11.6 Å². The fourth-order valence-corrected chi connectivity index (χ4v) is 2.41. The van der Waals surface area contributed by atoms with E-state index < -0.39 is 5.82 Å². The van der Waals surface area contributed by atoms with Gasteiger partial charge < -0.3 is 9.26 Å². The normalized spacial score (nSPS) is 10.7. The number of rotatable bonds is 4. The number of thiophene rings is 1. The molecule has 4 nitrogen and oxygen atoms in total. The second-order valence-corrected chi connectivity index (χ2v) is 5.21. The highest BCUT2D eigenvalue weighted by Crippen LogP contribution is 2.26. The van der Waals surface area contributed by atoms with Crippen molar-refractivity contribution in [3.05, 3.63) is 52.4 Å². The van der Waals surface area contributed by atoms with Crippen LogP contribution in [0.25, 0.3) is 10.8 Å². The highest BCUT2D eigenvalue weighted by Gasteiger charge is 2.11. The van der Waals surface area contributed by atoms with Crippen molar-refractivity contribution >= 4 is 22.9 Å². The number of aromatic nitrogens is 2. The average Bonchev–Trinajstić information content (AvgIpc) is 3.08. The number of hydrogen-bond acceptors (Lipinski definition) is 5. The standard InChI is InChI=1S/C13H8ClFN2O2S/c14-9-6-8(15)3-4-10(9)18-7-12-16-13(19-17-12)11-2-1-5-20-11/h1-6H,7H2. The van der Waals surface area contributed by atoms with Crippen molar-refractivity contribution in [1.82, 2.24) is 10.1 Å². The molecule has 2 heterocycles. The fraction of sp³-hybridized carbons (Fsp3) is 0.0769.